The summed E-state index contributed by atoms with van der Waals surface area (Å²) in [5.74, 6) is -0.787. The van der Waals surface area contributed by atoms with Crippen molar-refractivity contribution in [1.82, 2.24) is 10.1 Å². The SMILES string of the molecule is COc1ccccc1-c1cc(NC(=O)C2OCC(=O)N(C)C2c2ccccc2F)on1. The molecule has 1 saturated heterocycles. The number of hydrogen-bond donors (Lipinski definition) is 1. The highest BCUT2D eigenvalue weighted by atomic mass is 19.1. The summed E-state index contributed by atoms with van der Waals surface area (Å²) < 4.78 is 30.5. The number of halogens is 1. The number of benzene rings is 2. The Kier molecular flexibility index (Phi) is 5.68. The van der Waals surface area contributed by atoms with Crippen LogP contribution in [0.4, 0.5) is 10.3 Å². The highest BCUT2D eigenvalue weighted by Gasteiger charge is 2.41. The average molecular weight is 425 g/mol. The van der Waals surface area contributed by atoms with Gasteiger partial charge in [0.05, 0.1) is 13.2 Å². The van der Waals surface area contributed by atoms with Crippen LogP contribution in [0.3, 0.4) is 0 Å². The third-order valence-electron chi connectivity index (χ3n) is 5.11. The van der Waals surface area contributed by atoms with Gasteiger partial charge in [0.2, 0.25) is 11.8 Å². The molecule has 3 aromatic rings. The molecule has 4 rings (SSSR count). The van der Waals surface area contributed by atoms with Crippen LogP contribution in [0.1, 0.15) is 11.6 Å². The molecule has 2 aromatic carbocycles. The van der Waals surface area contributed by atoms with Gasteiger partial charge < -0.3 is 18.9 Å². The summed E-state index contributed by atoms with van der Waals surface area (Å²) >= 11 is 0. The van der Waals surface area contributed by atoms with Crippen molar-refractivity contribution in [2.75, 3.05) is 26.1 Å². The molecule has 2 heterocycles. The van der Waals surface area contributed by atoms with Crippen molar-refractivity contribution in [1.29, 1.82) is 0 Å². The van der Waals surface area contributed by atoms with E-state index in [1.54, 1.807) is 31.4 Å². The number of hydrogen-bond acceptors (Lipinski definition) is 6. The molecule has 9 heteroatoms. The van der Waals surface area contributed by atoms with Crippen LogP contribution in [-0.2, 0) is 14.3 Å². The lowest BCUT2D eigenvalue weighted by Gasteiger charge is -2.38. The van der Waals surface area contributed by atoms with E-state index in [4.69, 9.17) is 14.0 Å². The van der Waals surface area contributed by atoms with E-state index in [0.29, 0.717) is 17.0 Å². The molecule has 0 aliphatic carbocycles. The summed E-state index contributed by atoms with van der Waals surface area (Å²) in [6.45, 7) is -0.289. The topological polar surface area (TPSA) is 93.9 Å². The zero-order chi connectivity index (χ0) is 22.0. The number of rotatable bonds is 5. The summed E-state index contributed by atoms with van der Waals surface area (Å²) in [6.07, 6.45) is -1.14. The van der Waals surface area contributed by atoms with Crippen LogP contribution < -0.4 is 10.1 Å². The number of para-hydroxylation sites is 1. The monoisotopic (exact) mass is 425 g/mol. The van der Waals surface area contributed by atoms with Crippen molar-refractivity contribution < 1.29 is 28.0 Å². The molecule has 1 N–H and O–H groups in total. The number of anilines is 1. The van der Waals surface area contributed by atoms with Crippen molar-refractivity contribution in [3.05, 3.63) is 66.0 Å². The van der Waals surface area contributed by atoms with Crippen LogP contribution in [0.25, 0.3) is 11.3 Å². The second kappa shape index (κ2) is 8.57. The molecular formula is C22H20FN3O5. The van der Waals surface area contributed by atoms with Crippen LogP contribution in [0, 0.1) is 5.82 Å². The normalized spacial score (nSPS) is 18.7. The zero-order valence-corrected chi connectivity index (χ0v) is 16.9. The Balaban J connectivity index is 1.58. The third kappa shape index (κ3) is 3.99. The van der Waals surface area contributed by atoms with Gasteiger partial charge in [-0.1, -0.05) is 35.5 Å². The number of carbonyl (C=O) groups is 2. The van der Waals surface area contributed by atoms with Crippen molar-refractivity contribution in [2.24, 2.45) is 0 Å². The highest BCUT2D eigenvalue weighted by Crippen LogP contribution is 2.33. The first-order valence-electron chi connectivity index (χ1n) is 9.52. The number of amides is 2. The van der Waals surface area contributed by atoms with E-state index in [0.717, 1.165) is 0 Å². The van der Waals surface area contributed by atoms with Gasteiger partial charge in [0.15, 0.2) is 6.10 Å². The first-order chi connectivity index (χ1) is 15.0. The molecule has 2 amide bonds. The zero-order valence-electron chi connectivity index (χ0n) is 16.9. The third-order valence-corrected chi connectivity index (χ3v) is 5.11. The molecule has 1 fully saturated rings. The van der Waals surface area contributed by atoms with E-state index in [1.807, 2.05) is 12.1 Å². The summed E-state index contributed by atoms with van der Waals surface area (Å²) in [7, 11) is 3.05. The maximum Gasteiger partial charge on any atom is 0.258 e. The highest BCUT2D eigenvalue weighted by molar-refractivity contribution is 5.95. The van der Waals surface area contributed by atoms with Gasteiger partial charge >= 0.3 is 0 Å². The van der Waals surface area contributed by atoms with Gasteiger partial charge in [-0.15, -0.1) is 0 Å². The molecule has 8 nitrogen and oxygen atoms in total. The van der Waals surface area contributed by atoms with Gasteiger partial charge in [-0.2, -0.15) is 0 Å². The fourth-order valence-electron chi connectivity index (χ4n) is 3.53. The molecule has 1 aliphatic rings. The standard InChI is InChI=1S/C22H20FN3O5/c1-26-19(27)12-30-21(20(26)13-7-3-5-9-15(13)23)22(28)24-18-11-16(25-31-18)14-8-4-6-10-17(14)29-2/h3-11,20-21H,12H2,1-2H3,(H,24,28). The first-order valence-corrected chi connectivity index (χ1v) is 9.52. The maximum absolute atomic E-state index is 14.4. The van der Waals surface area contributed by atoms with Crippen molar-refractivity contribution in [2.45, 2.75) is 12.1 Å². The van der Waals surface area contributed by atoms with Gasteiger partial charge in [0.25, 0.3) is 5.91 Å². The summed E-state index contributed by atoms with van der Waals surface area (Å²) in [5, 5.41) is 6.58. The number of methoxy groups -OCH3 is 1. The molecule has 1 aliphatic heterocycles. The van der Waals surface area contributed by atoms with E-state index < -0.39 is 23.9 Å². The van der Waals surface area contributed by atoms with E-state index in [-0.39, 0.29) is 24.0 Å². The Labute approximate surface area is 177 Å². The Morgan fingerprint density at radius 2 is 1.97 bits per heavy atom. The molecule has 0 radical (unpaired) electrons. The van der Waals surface area contributed by atoms with Gasteiger partial charge in [0.1, 0.15) is 23.9 Å². The molecule has 31 heavy (non-hydrogen) atoms. The summed E-state index contributed by atoms with van der Waals surface area (Å²) in [5.41, 5.74) is 1.35. The molecule has 2 atom stereocenters. The van der Waals surface area contributed by atoms with Crippen molar-refractivity contribution in [3.8, 4) is 17.0 Å². The smallest absolute Gasteiger partial charge is 0.258 e. The molecular weight excluding hydrogens is 405 g/mol. The van der Waals surface area contributed by atoms with Gasteiger partial charge in [-0.05, 0) is 18.2 Å². The number of carbonyl (C=O) groups excluding carboxylic acids is 2. The quantitative estimate of drug-likeness (QED) is 0.675. The van der Waals surface area contributed by atoms with Gasteiger partial charge in [0, 0.05) is 24.2 Å². The lowest BCUT2D eigenvalue weighted by atomic mass is 9.97. The van der Waals surface area contributed by atoms with Crippen LogP contribution >= 0.6 is 0 Å². The fraction of sp³-hybridized carbons (Fsp3) is 0.227. The number of likely N-dealkylation sites (N-methyl/N-ethyl adjacent to an activating group) is 1. The molecule has 0 saturated carbocycles. The van der Waals surface area contributed by atoms with Crippen LogP contribution in [0.2, 0.25) is 0 Å². The predicted molar refractivity (Wildman–Crippen MR) is 109 cm³/mol. The maximum atomic E-state index is 14.4. The Morgan fingerprint density at radius 1 is 1.23 bits per heavy atom. The van der Waals surface area contributed by atoms with Crippen LogP contribution in [0.15, 0.2) is 59.1 Å². The second-order valence-electron chi connectivity index (χ2n) is 6.97. The summed E-state index contributed by atoms with van der Waals surface area (Å²) in [4.78, 5) is 26.4. The first kappa shape index (κ1) is 20.5. The number of morpholine rings is 1. The van der Waals surface area contributed by atoms with Crippen molar-refractivity contribution >= 4 is 17.7 Å². The Bertz CT molecular complexity index is 1120. The molecule has 2 unspecified atom stereocenters. The van der Waals surface area contributed by atoms with Gasteiger partial charge in [-0.25, -0.2) is 4.39 Å². The van der Waals surface area contributed by atoms with E-state index in [9.17, 15) is 14.0 Å². The molecule has 160 valence electrons. The van der Waals surface area contributed by atoms with Crippen LogP contribution in [0.5, 0.6) is 5.75 Å². The largest absolute Gasteiger partial charge is 0.496 e. The minimum atomic E-state index is -1.14. The predicted octanol–water partition coefficient (Wildman–Crippen LogP) is 3.03. The Morgan fingerprint density at radius 3 is 2.74 bits per heavy atom. The van der Waals surface area contributed by atoms with E-state index in [2.05, 4.69) is 10.5 Å². The number of ether oxygens (including phenoxy) is 2. The average Bonchev–Trinajstić information content (AvgIpc) is 3.24. The molecule has 0 spiro atoms. The molecule has 1 aromatic heterocycles. The number of nitrogens with zero attached hydrogens (tertiary/aromatic N) is 2. The number of nitrogens with one attached hydrogen (secondary N) is 1. The fourth-order valence-corrected chi connectivity index (χ4v) is 3.53. The minimum absolute atomic E-state index is 0.0846. The van der Waals surface area contributed by atoms with Crippen LogP contribution in [-0.4, -0.2) is 48.7 Å². The Hall–Kier alpha value is -3.72. The second-order valence-corrected chi connectivity index (χ2v) is 6.97. The molecule has 0 bridgehead atoms. The lowest BCUT2D eigenvalue weighted by molar-refractivity contribution is -0.160. The minimum Gasteiger partial charge on any atom is -0.496 e. The summed E-state index contributed by atoms with van der Waals surface area (Å²) in [6, 6.07) is 13.8. The van der Waals surface area contributed by atoms with E-state index in [1.165, 1.54) is 30.1 Å². The lowest BCUT2D eigenvalue weighted by Crippen LogP contribution is -2.51. The van der Waals surface area contributed by atoms with Gasteiger partial charge in [-0.3, -0.25) is 14.9 Å². The van der Waals surface area contributed by atoms with E-state index >= 15 is 0 Å². The van der Waals surface area contributed by atoms with Crippen molar-refractivity contribution in [3.63, 3.8) is 0 Å². The number of aromatic nitrogens is 1.